The first-order chi connectivity index (χ1) is 11.0. The molecular weight excluding hydrogens is 301 g/mol. The normalized spacial score (nSPS) is 11.4. The molecule has 2 aromatic rings. The summed E-state index contributed by atoms with van der Waals surface area (Å²) in [5.74, 6) is -0.0891. The van der Waals surface area contributed by atoms with Crippen LogP contribution in [0, 0.1) is 5.82 Å². The zero-order valence-corrected chi connectivity index (χ0v) is 12.7. The van der Waals surface area contributed by atoms with Crippen molar-refractivity contribution in [3.63, 3.8) is 0 Å². The number of aldehydes is 1. The molecule has 0 fully saturated rings. The van der Waals surface area contributed by atoms with E-state index in [2.05, 4.69) is 5.32 Å². The molecule has 2 rings (SSSR count). The first-order valence-electron chi connectivity index (χ1n) is 6.90. The number of halogens is 1. The van der Waals surface area contributed by atoms with E-state index in [9.17, 15) is 14.0 Å². The number of carbonyl (C=O) groups is 2. The summed E-state index contributed by atoms with van der Waals surface area (Å²) in [7, 11) is 1.46. The first-order valence-corrected chi connectivity index (χ1v) is 6.90. The lowest BCUT2D eigenvalue weighted by atomic mass is 10.2. The van der Waals surface area contributed by atoms with Gasteiger partial charge in [-0.25, -0.2) is 4.39 Å². The molecule has 1 amide bonds. The third-order valence-electron chi connectivity index (χ3n) is 3.11. The number of ether oxygens (including phenoxy) is 2. The van der Waals surface area contributed by atoms with Gasteiger partial charge in [0.1, 0.15) is 12.1 Å². The van der Waals surface area contributed by atoms with Gasteiger partial charge < -0.3 is 14.8 Å². The number of anilines is 1. The fraction of sp³-hybridized carbons (Fsp3) is 0.176. The Hall–Kier alpha value is -2.89. The van der Waals surface area contributed by atoms with Crippen LogP contribution in [-0.4, -0.2) is 25.4 Å². The Morgan fingerprint density at radius 3 is 2.48 bits per heavy atom. The minimum absolute atomic E-state index is 0.291. The second kappa shape index (κ2) is 7.40. The van der Waals surface area contributed by atoms with Crippen molar-refractivity contribution in [3.05, 3.63) is 53.8 Å². The molecule has 120 valence electrons. The summed E-state index contributed by atoms with van der Waals surface area (Å²) in [5.41, 5.74) is 0.868. The van der Waals surface area contributed by atoms with Crippen LogP contribution >= 0.6 is 0 Å². The number of benzene rings is 2. The zero-order chi connectivity index (χ0) is 16.8. The van der Waals surface area contributed by atoms with Gasteiger partial charge in [-0.3, -0.25) is 9.59 Å². The van der Waals surface area contributed by atoms with Crippen molar-refractivity contribution in [2.24, 2.45) is 0 Å². The van der Waals surface area contributed by atoms with Crippen LogP contribution in [0.1, 0.15) is 17.3 Å². The van der Waals surface area contributed by atoms with E-state index >= 15 is 0 Å². The highest BCUT2D eigenvalue weighted by Crippen LogP contribution is 2.28. The van der Waals surface area contributed by atoms with Crippen molar-refractivity contribution in [2.75, 3.05) is 12.4 Å². The van der Waals surface area contributed by atoms with Crippen LogP contribution in [-0.2, 0) is 4.79 Å². The monoisotopic (exact) mass is 317 g/mol. The van der Waals surface area contributed by atoms with E-state index in [4.69, 9.17) is 9.47 Å². The maximum atomic E-state index is 12.8. The Morgan fingerprint density at radius 2 is 1.87 bits per heavy atom. The number of methoxy groups -OCH3 is 1. The van der Waals surface area contributed by atoms with Gasteiger partial charge in [-0.2, -0.15) is 0 Å². The number of hydrogen-bond acceptors (Lipinski definition) is 4. The second-order valence-corrected chi connectivity index (χ2v) is 4.78. The number of rotatable bonds is 6. The summed E-state index contributed by atoms with van der Waals surface area (Å²) in [6, 6.07) is 10.1. The van der Waals surface area contributed by atoms with E-state index in [0.717, 1.165) is 0 Å². The first kappa shape index (κ1) is 16.5. The Balaban J connectivity index is 2.08. The van der Waals surface area contributed by atoms with Gasteiger partial charge >= 0.3 is 0 Å². The maximum absolute atomic E-state index is 12.8. The van der Waals surface area contributed by atoms with Gasteiger partial charge in [-0.1, -0.05) is 0 Å². The molecule has 0 bridgehead atoms. The molecule has 2 aromatic carbocycles. The van der Waals surface area contributed by atoms with E-state index in [-0.39, 0.29) is 5.82 Å². The number of carbonyl (C=O) groups excluding carboxylic acids is 2. The maximum Gasteiger partial charge on any atom is 0.265 e. The van der Waals surface area contributed by atoms with Crippen molar-refractivity contribution in [2.45, 2.75) is 13.0 Å². The molecule has 0 spiro atoms. The summed E-state index contributed by atoms with van der Waals surface area (Å²) in [4.78, 5) is 23.0. The Kier molecular flexibility index (Phi) is 5.30. The summed E-state index contributed by atoms with van der Waals surface area (Å²) < 4.78 is 23.6. The van der Waals surface area contributed by atoms with E-state index in [1.165, 1.54) is 37.4 Å². The van der Waals surface area contributed by atoms with Crippen LogP contribution < -0.4 is 14.8 Å². The van der Waals surface area contributed by atoms with Crippen LogP contribution in [0.2, 0.25) is 0 Å². The number of amides is 1. The molecule has 0 aliphatic carbocycles. The average Bonchev–Trinajstić information content (AvgIpc) is 2.56. The Labute approximate surface area is 133 Å². The van der Waals surface area contributed by atoms with Gasteiger partial charge in [0.05, 0.1) is 7.11 Å². The second-order valence-electron chi connectivity index (χ2n) is 4.78. The molecular formula is C17H16FNO4. The average molecular weight is 317 g/mol. The lowest BCUT2D eigenvalue weighted by Gasteiger charge is -2.17. The van der Waals surface area contributed by atoms with E-state index < -0.39 is 12.0 Å². The van der Waals surface area contributed by atoms with Gasteiger partial charge in [0, 0.05) is 11.3 Å². The fourth-order valence-corrected chi connectivity index (χ4v) is 1.88. The highest BCUT2D eigenvalue weighted by atomic mass is 19.1. The van der Waals surface area contributed by atoms with Crippen LogP contribution in [0.15, 0.2) is 42.5 Å². The predicted octanol–water partition coefficient (Wildman–Crippen LogP) is 3.05. The third kappa shape index (κ3) is 4.29. The SMILES string of the molecule is COc1ccc(C=O)cc1O[C@@H](C)C(=O)Nc1ccc(F)cc1. The smallest absolute Gasteiger partial charge is 0.265 e. The molecule has 0 aliphatic rings. The van der Waals surface area contributed by atoms with Gasteiger partial charge in [0.15, 0.2) is 17.6 Å². The highest BCUT2D eigenvalue weighted by molar-refractivity contribution is 5.94. The zero-order valence-electron chi connectivity index (χ0n) is 12.7. The Morgan fingerprint density at radius 1 is 1.17 bits per heavy atom. The fourth-order valence-electron chi connectivity index (χ4n) is 1.88. The van der Waals surface area contributed by atoms with Crippen LogP contribution in [0.4, 0.5) is 10.1 Å². The number of hydrogen-bond donors (Lipinski definition) is 1. The van der Waals surface area contributed by atoms with E-state index in [1.807, 2.05) is 0 Å². The Bertz CT molecular complexity index is 700. The largest absolute Gasteiger partial charge is 0.493 e. The molecule has 5 nitrogen and oxygen atoms in total. The predicted molar refractivity (Wildman–Crippen MR) is 83.5 cm³/mol. The minimum Gasteiger partial charge on any atom is -0.493 e. The molecule has 1 atom stereocenters. The molecule has 0 unspecified atom stereocenters. The molecule has 1 N–H and O–H groups in total. The van der Waals surface area contributed by atoms with Crippen molar-refractivity contribution < 1.29 is 23.5 Å². The molecule has 6 heteroatoms. The van der Waals surface area contributed by atoms with E-state index in [1.54, 1.807) is 19.1 Å². The van der Waals surface area contributed by atoms with Gasteiger partial charge in [-0.05, 0) is 49.4 Å². The van der Waals surface area contributed by atoms with Crippen molar-refractivity contribution >= 4 is 17.9 Å². The topological polar surface area (TPSA) is 64.6 Å². The lowest BCUT2D eigenvalue weighted by molar-refractivity contribution is -0.122. The van der Waals surface area contributed by atoms with Gasteiger partial charge in [0.25, 0.3) is 5.91 Å². The molecule has 0 radical (unpaired) electrons. The third-order valence-corrected chi connectivity index (χ3v) is 3.11. The molecule has 0 aromatic heterocycles. The molecule has 0 aliphatic heterocycles. The minimum atomic E-state index is -0.837. The lowest BCUT2D eigenvalue weighted by Crippen LogP contribution is -2.30. The van der Waals surface area contributed by atoms with Gasteiger partial charge in [0.2, 0.25) is 0 Å². The number of nitrogens with one attached hydrogen (secondary N) is 1. The summed E-state index contributed by atoms with van der Waals surface area (Å²) in [6.45, 7) is 1.56. The van der Waals surface area contributed by atoms with Crippen LogP contribution in [0.25, 0.3) is 0 Å². The quantitative estimate of drug-likeness (QED) is 0.832. The van der Waals surface area contributed by atoms with Gasteiger partial charge in [-0.15, -0.1) is 0 Å². The summed E-state index contributed by atoms with van der Waals surface area (Å²) in [6.07, 6.45) is -0.161. The van der Waals surface area contributed by atoms with E-state index in [0.29, 0.717) is 29.0 Å². The summed E-state index contributed by atoms with van der Waals surface area (Å²) in [5, 5.41) is 2.61. The molecule has 0 heterocycles. The van der Waals surface area contributed by atoms with Crippen molar-refractivity contribution in [3.8, 4) is 11.5 Å². The van der Waals surface area contributed by atoms with Crippen LogP contribution in [0.3, 0.4) is 0 Å². The van der Waals surface area contributed by atoms with Crippen molar-refractivity contribution in [1.82, 2.24) is 0 Å². The molecule has 0 saturated carbocycles. The summed E-state index contributed by atoms with van der Waals surface area (Å²) >= 11 is 0. The van der Waals surface area contributed by atoms with Crippen LogP contribution in [0.5, 0.6) is 11.5 Å². The molecule has 0 saturated heterocycles. The highest BCUT2D eigenvalue weighted by Gasteiger charge is 2.17. The molecule has 23 heavy (non-hydrogen) atoms. The standard InChI is InChI=1S/C17H16FNO4/c1-11(17(21)19-14-6-4-13(18)5-7-14)23-16-9-12(10-20)3-8-15(16)22-2/h3-11H,1-2H3,(H,19,21)/t11-/m0/s1. The van der Waals surface area contributed by atoms with Crippen molar-refractivity contribution in [1.29, 1.82) is 0 Å².